The van der Waals surface area contributed by atoms with E-state index in [1.807, 2.05) is 0 Å². The number of carbonyl (C=O) groups is 1. The van der Waals surface area contributed by atoms with Crippen molar-refractivity contribution in [3.05, 3.63) is 59.7 Å². The molecule has 6 nitrogen and oxygen atoms in total. The third kappa shape index (κ3) is 5.70. The molecule has 1 heterocycles. The number of halogens is 5. The van der Waals surface area contributed by atoms with Crippen LogP contribution in [0.4, 0.5) is 22.0 Å². The van der Waals surface area contributed by atoms with E-state index in [1.54, 1.807) is 0 Å². The molecule has 2 aromatic rings. The van der Waals surface area contributed by atoms with Gasteiger partial charge in [0.05, 0.1) is 6.42 Å². The fourth-order valence-electron chi connectivity index (χ4n) is 3.10. The second-order valence-corrected chi connectivity index (χ2v) is 8.63. The summed E-state index contributed by atoms with van der Waals surface area (Å²) in [4.78, 5) is 13.2. The Morgan fingerprint density at radius 3 is 2.13 bits per heavy atom. The van der Waals surface area contributed by atoms with Gasteiger partial charge in [0.15, 0.2) is 0 Å². The normalized spacial score (nSPS) is 15.7. The van der Waals surface area contributed by atoms with Gasteiger partial charge < -0.3 is 9.64 Å². The van der Waals surface area contributed by atoms with Gasteiger partial charge in [0.25, 0.3) is 0 Å². The first-order valence-corrected chi connectivity index (χ1v) is 10.5. The molecule has 0 aliphatic carbocycles. The number of sulfonamides is 1. The number of rotatable bonds is 5. The molecule has 0 unspecified atom stereocenters. The highest BCUT2D eigenvalue weighted by Gasteiger charge is 2.32. The molecule has 12 heteroatoms. The zero-order valence-corrected chi connectivity index (χ0v) is 16.7. The number of amides is 1. The average molecular weight is 464 g/mol. The van der Waals surface area contributed by atoms with E-state index in [9.17, 15) is 35.2 Å². The molecule has 0 aromatic heterocycles. The van der Waals surface area contributed by atoms with E-state index in [0.29, 0.717) is 11.6 Å². The summed E-state index contributed by atoms with van der Waals surface area (Å²) in [7, 11) is -4.19. The van der Waals surface area contributed by atoms with Gasteiger partial charge >= 0.3 is 6.36 Å². The Bertz CT molecular complexity index is 1050. The number of ether oxygens (including phenoxy) is 1. The van der Waals surface area contributed by atoms with Crippen LogP contribution in [0.25, 0.3) is 0 Å². The minimum atomic E-state index is -4.81. The number of carbonyl (C=O) groups excluding carboxylic acids is 1. The zero-order chi connectivity index (χ0) is 22.8. The molecular formula is C19H17F5N2O4S. The molecule has 0 radical (unpaired) electrons. The van der Waals surface area contributed by atoms with Gasteiger partial charge in [-0.05, 0) is 29.8 Å². The lowest BCUT2D eigenvalue weighted by molar-refractivity contribution is -0.274. The molecule has 0 bridgehead atoms. The lowest BCUT2D eigenvalue weighted by Crippen LogP contribution is -2.51. The monoisotopic (exact) mass is 464 g/mol. The van der Waals surface area contributed by atoms with Crippen molar-refractivity contribution >= 4 is 15.9 Å². The molecule has 31 heavy (non-hydrogen) atoms. The molecule has 168 valence electrons. The maximum Gasteiger partial charge on any atom is 0.573 e. The van der Waals surface area contributed by atoms with Crippen LogP contribution < -0.4 is 4.74 Å². The first kappa shape index (κ1) is 22.9. The number of benzene rings is 2. The highest BCUT2D eigenvalue weighted by Crippen LogP contribution is 2.24. The minimum Gasteiger partial charge on any atom is -0.406 e. The summed E-state index contributed by atoms with van der Waals surface area (Å²) in [5.74, 6) is -2.84. The van der Waals surface area contributed by atoms with Crippen LogP contribution in [0.1, 0.15) is 5.56 Å². The Labute approximate surface area is 174 Å². The van der Waals surface area contributed by atoms with Crippen molar-refractivity contribution in [1.82, 2.24) is 9.21 Å². The van der Waals surface area contributed by atoms with E-state index < -0.39 is 38.7 Å². The highest BCUT2D eigenvalue weighted by molar-refractivity contribution is 7.89. The third-order valence-electron chi connectivity index (χ3n) is 4.62. The highest BCUT2D eigenvalue weighted by atomic mass is 32.2. The van der Waals surface area contributed by atoms with Crippen molar-refractivity contribution in [2.24, 2.45) is 0 Å². The number of hydrogen-bond acceptors (Lipinski definition) is 4. The lowest BCUT2D eigenvalue weighted by Gasteiger charge is -2.34. The smallest absolute Gasteiger partial charge is 0.406 e. The fraction of sp³-hybridized carbons (Fsp3) is 0.316. The van der Waals surface area contributed by atoms with Gasteiger partial charge in [0.2, 0.25) is 15.9 Å². The van der Waals surface area contributed by atoms with Gasteiger partial charge in [-0.3, -0.25) is 4.79 Å². The molecule has 1 aliphatic heterocycles. The van der Waals surface area contributed by atoms with Gasteiger partial charge in [0, 0.05) is 32.2 Å². The molecule has 1 saturated heterocycles. The van der Waals surface area contributed by atoms with Crippen LogP contribution >= 0.6 is 0 Å². The van der Waals surface area contributed by atoms with Crippen LogP contribution in [-0.4, -0.2) is 56.1 Å². The van der Waals surface area contributed by atoms with Crippen molar-refractivity contribution in [3.63, 3.8) is 0 Å². The summed E-state index contributed by atoms with van der Waals surface area (Å²) in [6.07, 6.45) is -4.90. The molecule has 3 rings (SSSR count). The van der Waals surface area contributed by atoms with E-state index in [0.717, 1.165) is 28.6 Å². The first-order valence-electron chi connectivity index (χ1n) is 9.03. The molecule has 0 atom stereocenters. The van der Waals surface area contributed by atoms with Gasteiger partial charge in [-0.1, -0.05) is 12.1 Å². The van der Waals surface area contributed by atoms with Crippen molar-refractivity contribution in [1.29, 1.82) is 0 Å². The van der Waals surface area contributed by atoms with Crippen molar-refractivity contribution in [2.45, 2.75) is 17.7 Å². The van der Waals surface area contributed by atoms with E-state index in [-0.39, 0.29) is 38.5 Å². The number of piperazine rings is 1. The maximum absolute atomic E-state index is 13.9. The summed E-state index contributed by atoms with van der Waals surface area (Å²) < 4.78 is 93.5. The predicted molar refractivity (Wildman–Crippen MR) is 98.5 cm³/mol. The van der Waals surface area contributed by atoms with Crippen molar-refractivity contribution in [2.75, 3.05) is 26.2 Å². The van der Waals surface area contributed by atoms with E-state index in [4.69, 9.17) is 0 Å². The Kier molecular flexibility index (Phi) is 6.51. The second kappa shape index (κ2) is 8.79. The van der Waals surface area contributed by atoms with Crippen LogP contribution in [0.2, 0.25) is 0 Å². The van der Waals surface area contributed by atoms with Crippen LogP contribution in [0.5, 0.6) is 5.75 Å². The standard InChI is InChI=1S/C19H17F5N2O4S/c20-14-3-6-17(16(21)12-14)31(28,29)26-9-7-25(8-10-26)18(27)11-13-1-4-15(5-2-13)30-19(22,23)24/h1-6,12H,7-11H2. The second-order valence-electron chi connectivity index (χ2n) is 6.73. The quantitative estimate of drug-likeness (QED) is 0.639. The molecule has 0 saturated carbocycles. The summed E-state index contributed by atoms with van der Waals surface area (Å²) in [5, 5.41) is 0. The van der Waals surface area contributed by atoms with E-state index in [1.165, 1.54) is 17.0 Å². The summed E-state index contributed by atoms with van der Waals surface area (Å²) in [6.45, 7) is -0.0568. The summed E-state index contributed by atoms with van der Waals surface area (Å²) in [6, 6.07) is 7.03. The Balaban J connectivity index is 1.58. The van der Waals surface area contributed by atoms with Crippen LogP contribution in [0.3, 0.4) is 0 Å². The number of nitrogens with zero attached hydrogens (tertiary/aromatic N) is 2. The molecule has 1 aliphatic rings. The van der Waals surface area contributed by atoms with Crippen LogP contribution in [0, 0.1) is 11.6 Å². The van der Waals surface area contributed by atoms with Gasteiger partial charge in [-0.2, -0.15) is 4.31 Å². The molecule has 0 spiro atoms. The summed E-state index contributed by atoms with van der Waals surface area (Å²) >= 11 is 0. The van der Waals surface area contributed by atoms with E-state index >= 15 is 0 Å². The van der Waals surface area contributed by atoms with Gasteiger partial charge in [-0.15, -0.1) is 13.2 Å². The molecular weight excluding hydrogens is 447 g/mol. The molecule has 0 N–H and O–H groups in total. The maximum atomic E-state index is 13.9. The summed E-state index contributed by atoms with van der Waals surface area (Å²) in [5.41, 5.74) is 0.461. The molecule has 2 aromatic carbocycles. The Morgan fingerprint density at radius 2 is 1.58 bits per heavy atom. The first-order chi connectivity index (χ1) is 14.5. The number of alkyl halides is 3. The number of hydrogen-bond donors (Lipinski definition) is 0. The Morgan fingerprint density at radius 1 is 0.968 bits per heavy atom. The Hall–Kier alpha value is -2.73. The SMILES string of the molecule is O=C(Cc1ccc(OC(F)(F)F)cc1)N1CCN(S(=O)(=O)c2ccc(F)cc2F)CC1. The fourth-order valence-corrected chi connectivity index (χ4v) is 4.56. The lowest BCUT2D eigenvalue weighted by atomic mass is 10.1. The molecule has 1 amide bonds. The third-order valence-corrected chi connectivity index (χ3v) is 6.55. The minimum absolute atomic E-state index is 0.0517. The average Bonchev–Trinajstić information content (AvgIpc) is 2.68. The van der Waals surface area contributed by atoms with Crippen molar-refractivity contribution in [3.8, 4) is 5.75 Å². The van der Waals surface area contributed by atoms with Gasteiger partial charge in [-0.25, -0.2) is 17.2 Å². The van der Waals surface area contributed by atoms with Gasteiger partial charge in [0.1, 0.15) is 22.3 Å². The van der Waals surface area contributed by atoms with Crippen LogP contribution in [-0.2, 0) is 21.2 Å². The van der Waals surface area contributed by atoms with E-state index in [2.05, 4.69) is 4.74 Å². The molecule has 1 fully saturated rings. The predicted octanol–water partition coefficient (Wildman–Crippen LogP) is 2.94. The topological polar surface area (TPSA) is 66.9 Å². The van der Waals surface area contributed by atoms with Crippen molar-refractivity contribution < 1.29 is 39.9 Å². The van der Waals surface area contributed by atoms with Crippen LogP contribution in [0.15, 0.2) is 47.4 Å². The zero-order valence-electron chi connectivity index (χ0n) is 15.9. The largest absolute Gasteiger partial charge is 0.573 e.